The lowest BCUT2D eigenvalue weighted by atomic mass is 9.64. The lowest BCUT2D eigenvalue weighted by Gasteiger charge is -2.39. The Hall–Kier alpha value is -5.19. The molecule has 0 bridgehead atoms. The summed E-state index contributed by atoms with van der Waals surface area (Å²) in [5, 5.41) is 9.60. The van der Waals surface area contributed by atoms with Crippen LogP contribution < -0.4 is 0 Å². The minimum absolute atomic E-state index is 0.174. The standard InChI is InChI=1S/C43H33N/c1-43(2)39-25-28(27-44)17-23-33(39)34-24-22-32(26-40(34)43)42-37-14-8-4-7-13-35(37)41(36-15-9-10-16-38(36)42)31-20-18-30(19-21-31)29-11-5-3-6-12-29/h3-7,9-26,38,42H,8H2,1-2H3. The Kier molecular flexibility index (Phi) is 6.14. The highest BCUT2D eigenvalue weighted by atomic mass is 14.4. The molecule has 0 N–H and O–H groups in total. The first-order chi connectivity index (χ1) is 21.5. The molecule has 210 valence electrons. The van der Waals surface area contributed by atoms with Gasteiger partial charge in [-0.3, -0.25) is 0 Å². The maximum Gasteiger partial charge on any atom is 0.0991 e. The van der Waals surface area contributed by atoms with Crippen molar-refractivity contribution in [2.24, 2.45) is 5.92 Å². The van der Waals surface area contributed by atoms with Crippen molar-refractivity contribution >= 4 is 5.57 Å². The minimum Gasteiger partial charge on any atom is -0.192 e. The van der Waals surface area contributed by atoms with Gasteiger partial charge < -0.3 is 0 Å². The molecule has 2 unspecified atom stereocenters. The maximum absolute atomic E-state index is 9.60. The average molecular weight is 564 g/mol. The van der Waals surface area contributed by atoms with Gasteiger partial charge in [0.25, 0.3) is 0 Å². The predicted molar refractivity (Wildman–Crippen MR) is 182 cm³/mol. The highest BCUT2D eigenvalue weighted by molar-refractivity contribution is 5.92. The molecule has 0 aromatic heterocycles. The van der Waals surface area contributed by atoms with Gasteiger partial charge in [-0.15, -0.1) is 0 Å². The zero-order chi connectivity index (χ0) is 29.8. The van der Waals surface area contributed by atoms with Gasteiger partial charge in [-0.05, 0) is 85.4 Å². The molecule has 0 amide bonds. The van der Waals surface area contributed by atoms with Gasteiger partial charge in [0.1, 0.15) is 0 Å². The number of hydrogen-bond donors (Lipinski definition) is 0. The van der Waals surface area contributed by atoms with Crippen LogP contribution in [-0.2, 0) is 5.41 Å². The van der Waals surface area contributed by atoms with Gasteiger partial charge in [0.2, 0.25) is 0 Å². The van der Waals surface area contributed by atoms with Crippen molar-refractivity contribution in [1.82, 2.24) is 0 Å². The topological polar surface area (TPSA) is 23.8 Å². The van der Waals surface area contributed by atoms with Crippen molar-refractivity contribution in [2.75, 3.05) is 0 Å². The fourth-order valence-corrected chi connectivity index (χ4v) is 7.80. The zero-order valence-electron chi connectivity index (χ0n) is 25.1. The molecule has 0 spiro atoms. The van der Waals surface area contributed by atoms with Gasteiger partial charge in [-0.25, -0.2) is 0 Å². The smallest absolute Gasteiger partial charge is 0.0991 e. The molecular weight excluding hydrogens is 530 g/mol. The van der Waals surface area contributed by atoms with Crippen LogP contribution in [0.4, 0.5) is 0 Å². The lowest BCUT2D eigenvalue weighted by Crippen LogP contribution is -2.25. The second-order valence-electron chi connectivity index (χ2n) is 12.7. The number of hydrogen-bond acceptors (Lipinski definition) is 1. The molecule has 0 heterocycles. The van der Waals surface area contributed by atoms with Gasteiger partial charge in [-0.1, -0.05) is 141 Å². The van der Waals surface area contributed by atoms with Crippen molar-refractivity contribution in [1.29, 1.82) is 5.26 Å². The molecule has 0 aliphatic heterocycles. The molecule has 0 fully saturated rings. The van der Waals surface area contributed by atoms with E-state index in [-0.39, 0.29) is 17.3 Å². The van der Waals surface area contributed by atoms with Crippen molar-refractivity contribution in [3.05, 3.63) is 184 Å². The van der Waals surface area contributed by atoms with Crippen LogP contribution in [0, 0.1) is 17.2 Å². The monoisotopic (exact) mass is 563 g/mol. The first-order valence-electron chi connectivity index (χ1n) is 15.6. The van der Waals surface area contributed by atoms with Crippen LogP contribution in [0.5, 0.6) is 0 Å². The fourth-order valence-electron chi connectivity index (χ4n) is 7.80. The van der Waals surface area contributed by atoms with Crippen molar-refractivity contribution < 1.29 is 0 Å². The van der Waals surface area contributed by atoms with Crippen LogP contribution in [0.2, 0.25) is 0 Å². The summed E-state index contributed by atoms with van der Waals surface area (Å²) in [6, 6.07) is 35.4. The van der Waals surface area contributed by atoms with Crippen LogP contribution >= 0.6 is 0 Å². The molecule has 2 atom stereocenters. The predicted octanol–water partition coefficient (Wildman–Crippen LogP) is 10.6. The number of fused-ring (bicyclic) bond motifs is 5. The summed E-state index contributed by atoms with van der Waals surface area (Å²) in [6.07, 6.45) is 19.4. The number of rotatable bonds is 3. The van der Waals surface area contributed by atoms with Crippen LogP contribution in [0.15, 0.2) is 156 Å². The Morgan fingerprint density at radius 1 is 0.750 bits per heavy atom. The highest BCUT2D eigenvalue weighted by Gasteiger charge is 2.40. The van der Waals surface area contributed by atoms with E-state index in [0.29, 0.717) is 0 Å². The number of benzene rings is 4. The Bertz CT molecular complexity index is 2050. The van der Waals surface area contributed by atoms with Crippen molar-refractivity contribution in [3.63, 3.8) is 0 Å². The first-order valence-corrected chi connectivity index (χ1v) is 15.6. The molecule has 0 radical (unpaired) electrons. The second-order valence-corrected chi connectivity index (χ2v) is 12.7. The van der Waals surface area contributed by atoms with E-state index in [2.05, 4.69) is 153 Å². The van der Waals surface area contributed by atoms with Gasteiger partial charge in [0, 0.05) is 17.3 Å². The lowest BCUT2D eigenvalue weighted by molar-refractivity contribution is 0.631. The summed E-state index contributed by atoms with van der Waals surface area (Å²) in [7, 11) is 0. The summed E-state index contributed by atoms with van der Waals surface area (Å²) in [5.74, 6) is 0.449. The number of allylic oxidation sites excluding steroid dienone is 12. The Morgan fingerprint density at radius 2 is 1.48 bits per heavy atom. The van der Waals surface area contributed by atoms with E-state index < -0.39 is 0 Å². The first kappa shape index (κ1) is 26.4. The van der Waals surface area contributed by atoms with E-state index in [1.54, 1.807) is 0 Å². The van der Waals surface area contributed by atoms with E-state index in [0.717, 1.165) is 12.0 Å². The summed E-state index contributed by atoms with van der Waals surface area (Å²) < 4.78 is 0. The highest BCUT2D eigenvalue weighted by Crippen LogP contribution is 2.55. The van der Waals surface area contributed by atoms with Gasteiger partial charge in [0.15, 0.2) is 0 Å². The second kappa shape index (κ2) is 10.2. The molecule has 4 aromatic rings. The van der Waals surface area contributed by atoms with Crippen molar-refractivity contribution in [3.8, 4) is 28.3 Å². The van der Waals surface area contributed by atoms with Crippen molar-refractivity contribution in [2.45, 2.75) is 31.6 Å². The largest absolute Gasteiger partial charge is 0.192 e. The Balaban J connectivity index is 1.27. The summed E-state index contributed by atoms with van der Waals surface area (Å²) in [4.78, 5) is 0. The van der Waals surface area contributed by atoms with E-state index >= 15 is 0 Å². The van der Waals surface area contributed by atoms with Gasteiger partial charge in [0.05, 0.1) is 11.6 Å². The average Bonchev–Trinajstić information content (AvgIpc) is 3.19. The van der Waals surface area contributed by atoms with E-state index in [9.17, 15) is 5.26 Å². The molecule has 0 saturated heterocycles. The quantitative estimate of drug-likeness (QED) is 0.243. The summed E-state index contributed by atoms with van der Waals surface area (Å²) >= 11 is 0. The zero-order valence-corrected chi connectivity index (χ0v) is 25.1. The fraction of sp³-hybridized carbons (Fsp3) is 0.140. The van der Waals surface area contributed by atoms with Gasteiger partial charge in [-0.2, -0.15) is 5.26 Å². The number of nitrogens with zero attached hydrogens (tertiary/aromatic N) is 1. The molecule has 4 aromatic carbocycles. The minimum atomic E-state index is -0.174. The SMILES string of the molecule is CC1(C)c2cc(C#N)ccc2-c2ccc(C3C4=CCC=CC=C4C(c4ccc(-c5ccccc5)cc4)=C4C=CC=CC43)cc21. The van der Waals surface area contributed by atoms with Crippen LogP contribution in [0.1, 0.15) is 54.0 Å². The van der Waals surface area contributed by atoms with Crippen LogP contribution in [-0.4, -0.2) is 0 Å². The summed E-state index contributed by atoms with van der Waals surface area (Å²) in [6.45, 7) is 4.60. The van der Waals surface area contributed by atoms with E-state index in [1.165, 1.54) is 66.8 Å². The Labute approximate surface area is 260 Å². The molecule has 0 saturated carbocycles. The number of nitriles is 1. The van der Waals surface area contributed by atoms with Crippen LogP contribution in [0.25, 0.3) is 27.8 Å². The molecular formula is C43H33N. The third kappa shape index (κ3) is 4.06. The maximum atomic E-state index is 9.60. The third-order valence-electron chi connectivity index (χ3n) is 9.97. The van der Waals surface area contributed by atoms with Crippen LogP contribution in [0.3, 0.4) is 0 Å². The molecule has 8 rings (SSSR count). The molecule has 4 aliphatic rings. The summed E-state index contributed by atoms with van der Waals surface area (Å²) in [5.41, 5.74) is 16.2. The molecule has 44 heavy (non-hydrogen) atoms. The van der Waals surface area contributed by atoms with Gasteiger partial charge >= 0.3 is 0 Å². The van der Waals surface area contributed by atoms with E-state index in [1.807, 2.05) is 6.07 Å². The third-order valence-corrected chi connectivity index (χ3v) is 9.97. The molecule has 1 heteroatoms. The van der Waals surface area contributed by atoms with E-state index in [4.69, 9.17) is 0 Å². The molecule has 4 aliphatic carbocycles. The normalized spacial score (nSPS) is 20.5. The molecule has 1 nitrogen and oxygen atoms in total. The Morgan fingerprint density at radius 3 is 2.27 bits per heavy atom.